The predicted molar refractivity (Wildman–Crippen MR) is 110 cm³/mol. The summed E-state index contributed by atoms with van der Waals surface area (Å²) in [6.07, 6.45) is 0. The zero-order chi connectivity index (χ0) is 19.0. The molecular weight excluding hydrogens is 382 g/mol. The minimum atomic E-state index is -0.515. The highest BCUT2D eigenvalue weighted by atomic mass is 35.5. The average molecular weight is 396 g/mol. The topological polar surface area (TPSA) is 55.4 Å². The number of hydrogen-bond acceptors (Lipinski definition) is 4. The number of methoxy groups -OCH3 is 1. The third-order valence-corrected chi connectivity index (χ3v) is 5.95. The Hall–Kier alpha value is -2.89. The number of benzene rings is 3. The lowest BCUT2D eigenvalue weighted by Gasteiger charge is -2.09. The number of carbonyl (C=O) groups excluding carboxylic acids is 2. The van der Waals surface area contributed by atoms with Gasteiger partial charge in [0.05, 0.1) is 23.4 Å². The summed E-state index contributed by atoms with van der Waals surface area (Å²) in [6.45, 7) is 0. The monoisotopic (exact) mass is 395 g/mol. The van der Waals surface area contributed by atoms with Crippen molar-refractivity contribution in [2.45, 2.75) is 0 Å². The van der Waals surface area contributed by atoms with Crippen molar-refractivity contribution in [1.82, 2.24) is 0 Å². The van der Waals surface area contributed by atoms with Gasteiger partial charge in [-0.05, 0) is 29.0 Å². The summed E-state index contributed by atoms with van der Waals surface area (Å²) in [4.78, 5) is 25.2. The van der Waals surface area contributed by atoms with Gasteiger partial charge in [0.15, 0.2) is 0 Å². The number of fused-ring (bicyclic) bond motifs is 3. The summed E-state index contributed by atoms with van der Waals surface area (Å²) in [5.41, 5.74) is 0.670. The molecule has 0 saturated heterocycles. The van der Waals surface area contributed by atoms with Gasteiger partial charge in [-0.2, -0.15) is 0 Å². The van der Waals surface area contributed by atoms with Crippen LogP contribution >= 0.6 is 22.9 Å². The van der Waals surface area contributed by atoms with Crippen LogP contribution in [0.25, 0.3) is 20.9 Å². The molecule has 134 valence electrons. The van der Waals surface area contributed by atoms with Gasteiger partial charge in [0, 0.05) is 10.1 Å². The molecule has 1 heterocycles. The number of anilines is 1. The van der Waals surface area contributed by atoms with E-state index in [1.165, 1.54) is 18.4 Å². The smallest absolute Gasteiger partial charge is 0.339 e. The number of carbonyl (C=O) groups is 2. The minimum Gasteiger partial charge on any atom is -0.465 e. The summed E-state index contributed by atoms with van der Waals surface area (Å²) < 4.78 is 5.71. The Morgan fingerprint density at radius 3 is 2.56 bits per heavy atom. The molecule has 6 heteroatoms. The predicted octanol–water partition coefficient (Wildman–Crippen LogP) is 5.75. The Balaban J connectivity index is 1.77. The number of amides is 1. The molecule has 4 aromatic rings. The highest BCUT2D eigenvalue weighted by Gasteiger charge is 2.21. The van der Waals surface area contributed by atoms with Crippen molar-refractivity contribution in [3.63, 3.8) is 0 Å². The van der Waals surface area contributed by atoms with Crippen molar-refractivity contribution < 1.29 is 14.3 Å². The van der Waals surface area contributed by atoms with Gasteiger partial charge in [0.1, 0.15) is 4.88 Å². The van der Waals surface area contributed by atoms with Gasteiger partial charge in [-0.25, -0.2) is 4.79 Å². The molecular formula is C21H14ClNO3S. The zero-order valence-electron chi connectivity index (χ0n) is 14.3. The van der Waals surface area contributed by atoms with E-state index in [-0.39, 0.29) is 11.5 Å². The second-order valence-electron chi connectivity index (χ2n) is 5.90. The van der Waals surface area contributed by atoms with Crippen molar-refractivity contribution in [3.8, 4) is 0 Å². The maximum absolute atomic E-state index is 12.9. The lowest BCUT2D eigenvalue weighted by atomic mass is 10.1. The number of nitrogens with one attached hydrogen (secondary N) is 1. The van der Waals surface area contributed by atoms with E-state index in [0.717, 1.165) is 20.9 Å². The number of thiophene rings is 1. The summed E-state index contributed by atoms with van der Waals surface area (Å²) in [6, 6.07) is 18.6. The molecule has 4 nitrogen and oxygen atoms in total. The Kier molecular flexibility index (Phi) is 4.56. The van der Waals surface area contributed by atoms with E-state index in [0.29, 0.717) is 15.6 Å². The number of hydrogen-bond donors (Lipinski definition) is 1. The Morgan fingerprint density at radius 2 is 1.74 bits per heavy atom. The lowest BCUT2D eigenvalue weighted by molar-refractivity contribution is 0.0602. The molecule has 0 saturated carbocycles. The SMILES string of the molecule is COC(=O)c1ccccc1NC(=O)c1sc2ccc3ccccc3c2c1Cl. The van der Waals surface area contributed by atoms with Crippen LogP contribution in [0.1, 0.15) is 20.0 Å². The normalized spacial score (nSPS) is 10.9. The second kappa shape index (κ2) is 7.02. The van der Waals surface area contributed by atoms with Gasteiger partial charge in [0.25, 0.3) is 5.91 Å². The van der Waals surface area contributed by atoms with E-state index >= 15 is 0 Å². The van der Waals surface area contributed by atoms with Crippen molar-refractivity contribution in [2.75, 3.05) is 12.4 Å². The first-order valence-electron chi connectivity index (χ1n) is 8.18. The molecule has 0 aliphatic carbocycles. The fourth-order valence-corrected chi connectivity index (χ4v) is 4.50. The second-order valence-corrected chi connectivity index (χ2v) is 7.33. The Labute approximate surface area is 164 Å². The van der Waals surface area contributed by atoms with E-state index < -0.39 is 5.97 Å². The van der Waals surface area contributed by atoms with Crippen LogP contribution in [0, 0.1) is 0 Å². The lowest BCUT2D eigenvalue weighted by Crippen LogP contribution is -2.14. The van der Waals surface area contributed by atoms with Crippen LogP contribution in [0.2, 0.25) is 5.02 Å². The summed E-state index contributed by atoms with van der Waals surface area (Å²) >= 11 is 7.91. The van der Waals surface area contributed by atoms with Crippen molar-refractivity contribution in [3.05, 3.63) is 76.1 Å². The molecule has 0 unspecified atom stereocenters. The van der Waals surface area contributed by atoms with Gasteiger partial charge < -0.3 is 10.1 Å². The van der Waals surface area contributed by atoms with Crippen LogP contribution in [0.15, 0.2) is 60.7 Å². The molecule has 0 fully saturated rings. The van der Waals surface area contributed by atoms with E-state index in [4.69, 9.17) is 16.3 Å². The largest absolute Gasteiger partial charge is 0.465 e. The van der Waals surface area contributed by atoms with E-state index in [1.807, 2.05) is 36.4 Å². The highest BCUT2D eigenvalue weighted by molar-refractivity contribution is 7.22. The third-order valence-electron chi connectivity index (χ3n) is 4.31. The first-order chi connectivity index (χ1) is 13.1. The van der Waals surface area contributed by atoms with Gasteiger partial charge in [0.2, 0.25) is 0 Å². The molecule has 1 N–H and O–H groups in total. The maximum Gasteiger partial charge on any atom is 0.339 e. The van der Waals surface area contributed by atoms with E-state index in [1.54, 1.807) is 24.3 Å². The zero-order valence-corrected chi connectivity index (χ0v) is 15.9. The molecule has 1 amide bonds. The fraction of sp³-hybridized carbons (Fsp3) is 0.0476. The van der Waals surface area contributed by atoms with Crippen molar-refractivity contribution in [1.29, 1.82) is 0 Å². The molecule has 0 radical (unpaired) electrons. The number of ether oxygens (including phenoxy) is 1. The maximum atomic E-state index is 12.9. The number of para-hydroxylation sites is 1. The van der Waals surface area contributed by atoms with Gasteiger partial charge in [-0.1, -0.05) is 54.1 Å². The quantitative estimate of drug-likeness (QED) is 0.449. The number of esters is 1. The molecule has 0 aliphatic heterocycles. The van der Waals surface area contributed by atoms with Crippen LogP contribution in [0.5, 0.6) is 0 Å². The molecule has 1 aromatic heterocycles. The highest BCUT2D eigenvalue weighted by Crippen LogP contribution is 2.40. The van der Waals surface area contributed by atoms with Crippen LogP contribution in [0.4, 0.5) is 5.69 Å². The first kappa shape index (κ1) is 17.5. The fourth-order valence-electron chi connectivity index (χ4n) is 3.04. The van der Waals surface area contributed by atoms with Gasteiger partial charge in [-0.15, -0.1) is 11.3 Å². The van der Waals surface area contributed by atoms with Crippen LogP contribution in [-0.2, 0) is 4.74 Å². The van der Waals surface area contributed by atoms with Gasteiger partial charge >= 0.3 is 5.97 Å². The summed E-state index contributed by atoms with van der Waals surface area (Å²) in [7, 11) is 1.30. The molecule has 0 atom stereocenters. The number of halogens is 1. The minimum absolute atomic E-state index is 0.288. The van der Waals surface area contributed by atoms with Crippen LogP contribution in [-0.4, -0.2) is 19.0 Å². The van der Waals surface area contributed by atoms with Gasteiger partial charge in [-0.3, -0.25) is 4.79 Å². The standard InChI is InChI=1S/C21H14ClNO3S/c1-26-21(25)14-8-4-5-9-15(14)23-20(24)19-18(22)17-13-7-3-2-6-12(13)10-11-16(17)27-19/h2-11H,1H3,(H,23,24). The summed E-state index contributed by atoms with van der Waals surface area (Å²) in [5, 5.41) is 6.13. The molecule has 3 aromatic carbocycles. The third kappa shape index (κ3) is 3.05. The first-order valence-corrected chi connectivity index (χ1v) is 9.38. The Bertz CT molecular complexity index is 1200. The van der Waals surface area contributed by atoms with Crippen LogP contribution < -0.4 is 5.32 Å². The molecule has 0 bridgehead atoms. The molecule has 0 aliphatic rings. The summed E-state index contributed by atoms with van der Waals surface area (Å²) in [5.74, 6) is -0.874. The number of rotatable bonds is 3. The molecule has 4 rings (SSSR count). The van der Waals surface area contributed by atoms with E-state index in [9.17, 15) is 9.59 Å². The van der Waals surface area contributed by atoms with Crippen molar-refractivity contribution >= 4 is 61.4 Å². The van der Waals surface area contributed by atoms with Crippen LogP contribution in [0.3, 0.4) is 0 Å². The van der Waals surface area contributed by atoms with Crippen molar-refractivity contribution in [2.24, 2.45) is 0 Å². The van der Waals surface area contributed by atoms with E-state index in [2.05, 4.69) is 5.32 Å². The Morgan fingerprint density at radius 1 is 1.00 bits per heavy atom. The molecule has 0 spiro atoms. The average Bonchev–Trinajstić information content (AvgIpc) is 3.05. The molecule has 27 heavy (non-hydrogen) atoms.